The molecule has 0 N–H and O–H groups in total. The van der Waals surface area contributed by atoms with E-state index in [1.165, 1.54) is 29.8 Å². The lowest BCUT2D eigenvalue weighted by Crippen LogP contribution is -2.56. The van der Waals surface area contributed by atoms with Crippen LogP contribution in [0.15, 0.2) is 109 Å². The maximum absolute atomic E-state index is 14.6. The van der Waals surface area contributed by atoms with E-state index in [1.807, 2.05) is 65.6 Å². The molecule has 3 heterocycles. The highest BCUT2D eigenvalue weighted by Gasteiger charge is 2.34. The Morgan fingerprint density at radius 2 is 1.35 bits per heavy atom. The van der Waals surface area contributed by atoms with Crippen molar-refractivity contribution < 1.29 is 27.6 Å². The van der Waals surface area contributed by atoms with Gasteiger partial charge in [-0.2, -0.15) is 13.2 Å². The first-order valence-corrected chi connectivity index (χ1v) is 18.2. The van der Waals surface area contributed by atoms with Crippen molar-refractivity contribution in [3.63, 3.8) is 0 Å². The van der Waals surface area contributed by atoms with Crippen LogP contribution in [0.5, 0.6) is 0 Å². The van der Waals surface area contributed by atoms with E-state index in [2.05, 4.69) is 21.9 Å². The van der Waals surface area contributed by atoms with Crippen molar-refractivity contribution in [3.05, 3.63) is 137 Å². The number of hydrogen-bond donors (Lipinski definition) is 0. The molecule has 0 spiro atoms. The highest BCUT2D eigenvalue weighted by molar-refractivity contribution is 5.95. The summed E-state index contributed by atoms with van der Waals surface area (Å²) in [5.74, 6) is 0.190. The van der Waals surface area contributed by atoms with Gasteiger partial charge in [0.05, 0.1) is 5.56 Å². The number of carbonyl (C=O) groups excluding carboxylic acids is 3. The molecule has 0 unspecified atom stereocenters. The van der Waals surface area contributed by atoms with Gasteiger partial charge in [-0.3, -0.25) is 19.3 Å². The van der Waals surface area contributed by atoms with E-state index in [9.17, 15) is 27.6 Å². The molecule has 12 heteroatoms. The molecule has 282 valence electrons. The quantitative estimate of drug-likeness (QED) is 0.182. The van der Waals surface area contributed by atoms with Gasteiger partial charge in [0, 0.05) is 91.1 Å². The molecule has 9 nitrogen and oxygen atoms in total. The van der Waals surface area contributed by atoms with E-state index in [0.717, 1.165) is 35.6 Å². The van der Waals surface area contributed by atoms with Crippen molar-refractivity contribution in [1.29, 1.82) is 0 Å². The van der Waals surface area contributed by atoms with Crippen LogP contribution in [0, 0.1) is 0 Å². The summed E-state index contributed by atoms with van der Waals surface area (Å²) >= 11 is 0. The normalized spacial score (nSPS) is 16.0. The Morgan fingerprint density at radius 1 is 0.741 bits per heavy atom. The van der Waals surface area contributed by atoms with E-state index >= 15 is 0 Å². The molecular formula is C42H45F3N6O3. The third kappa shape index (κ3) is 10.1. The van der Waals surface area contributed by atoms with Crippen molar-refractivity contribution in [2.24, 2.45) is 0 Å². The number of alkyl halides is 3. The van der Waals surface area contributed by atoms with Crippen LogP contribution in [0.25, 0.3) is 6.08 Å². The Hall–Kier alpha value is -5.49. The topological polar surface area (TPSA) is 80.3 Å². The van der Waals surface area contributed by atoms with Gasteiger partial charge in [0.1, 0.15) is 11.9 Å². The largest absolute Gasteiger partial charge is 0.416 e. The molecule has 0 radical (unpaired) electrons. The summed E-state index contributed by atoms with van der Waals surface area (Å²) in [6, 6.07) is 27.3. The number of hydrogen-bond acceptors (Lipinski definition) is 6. The minimum absolute atomic E-state index is 0.0451. The number of carbonyl (C=O) groups is 3. The van der Waals surface area contributed by atoms with Crippen LogP contribution in [0.2, 0.25) is 0 Å². The third-order valence-electron chi connectivity index (χ3n) is 10.0. The van der Waals surface area contributed by atoms with Gasteiger partial charge in [-0.05, 0) is 46.5 Å². The lowest BCUT2D eigenvalue weighted by Gasteiger charge is -2.39. The standard InChI is InChI=1S/C42H45F3N6O3/c1-32(52)48-24-26-49(27-25-48)39-18-14-36(29-46-39)31-51(40(53)19-15-33-12-16-37(17-13-33)42(43,44)45)38(28-34-8-4-2-5-9-34)41(54)50-22-20-47(21-23-50)30-35-10-6-3-7-11-35/h2-19,29,38H,20-28,30-31H2,1H3/t38-/m0/s1. The maximum atomic E-state index is 14.6. The van der Waals surface area contributed by atoms with Crippen LogP contribution in [0.4, 0.5) is 19.0 Å². The molecule has 2 fully saturated rings. The molecule has 2 aliphatic heterocycles. The highest BCUT2D eigenvalue weighted by atomic mass is 19.4. The molecule has 2 aliphatic rings. The highest BCUT2D eigenvalue weighted by Crippen LogP contribution is 2.29. The Labute approximate surface area is 314 Å². The molecule has 0 bridgehead atoms. The third-order valence-corrected chi connectivity index (χ3v) is 10.0. The van der Waals surface area contributed by atoms with E-state index in [0.29, 0.717) is 57.9 Å². The average Bonchev–Trinajstić information content (AvgIpc) is 3.19. The number of amides is 3. The lowest BCUT2D eigenvalue weighted by molar-refractivity contribution is -0.145. The van der Waals surface area contributed by atoms with E-state index in [1.54, 1.807) is 22.9 Å². The number of benzene rings is 3. The maximum Gasteiger partial charge on any atom is 0.416 e. The number of anilines is 1. The fourth-order valence-corrected chi connectivity index (χ4v) is 6.88. The molecular weight excluding hydrogens is 693 g/mol. The second-order valence-electron chi connectivity index (χ2n) is 13.7. The van der Waals surface area contributed by atoms with Crippen LogP contribution in [-0.4, -0.2) is 101 Å². The number of aromatic nitrogens is 1. The van der Waals surface area contributed by atoms with Crippen molar-refractivity contribution in [1.82, 2.24) is 24.6 Å². The molecule has 3 aromatic carbocycles. The number of halogens is 3. The van der Waals surface area contributed by atoms with Crippen LogP contribution >= 0.6 is 0 Å². The van der Waals surface area contributed by atoms with E-state index < -0.39 is 23.7 Å². The molecule has 4 aromatic rings. The second-order valence-corrected chi connectivity index (χ2v) is 13.7. The zero-order chi connectivity index (χ0) is 38.1. The Balaban J connectivity index is 1.25. The van der Waals surface area contributed by atoms with Gasteiger partial charge < -0.3 is 19.6 Å². The van der Waals surface area contributed by atoms with E-state index in [4.69, 9.17) is 4.98 Å². The summed E-state index contributed by atoms with van der Waals surface area (Å²) in [6.07, 6.45) is 0.305. The molecule has 1 aromatic heterocycles. The zero-order valence-electron chi connectivity index (χ0n) is 30.4. The smallest absolute Gasteiger partial charge is 0.353 e. The number of piperazine rings is 2. The van der Waals surface area contributed by atoms with Crippen LogP contribution in [0.3, 0.4) is 0 Å². The van der Waals surface area contributed by atoms with Gasteiger partial charge in [-0.15, -0.1) is 0 Å². The fourth-order valence-electron chi connectivity index (χ4n) is 6.88. The molecule has 0 saturated carbocycles. The van der Waals surface area contributed by atoms with Crippen LogP contribution in [0.1, 0.15) is 34.7 Å². The van der Waals surface area contributed by atoms with Gasteiger partial charge in [0.2, 0.25) is 17.7 Å². The predicted molar refractivity (Wildman–Crippen MR) is 202 cm³/mol. The van der Waals surface area contributed by atoms with Crippen molar-refractivity contribution in [2.75, 3.05) is 57.3 Å². The predicted octanol–water partition coefficient (Wildman–Crippen LogP) is 5.77. The average molecular weight is 739 g/mol. The molecule has 2 saturated heterocycles. The summed E-state index contributed by atoms with van der Waals surface area (Å²) in [7, 11) is 0. The van der Waals surface area contributed by atoms with Gasteiger partial charge in [-0.1, -0.05) is 78.9 Å². The van der Waals surface area contributed by atoms with Gasteiger partial charge in [-0.25, -0.2) is 4.98 Å². The molecule has 0 aliphatic carbocycles. The van der Waals surface area contributed by atoms with Crippen molar-refractivity contribution in [3.8, 4) is 0 Å². The van der Waals surface area contributed by atoms with Crippen LogP contribution in [-0.2, 0) is 40.1 Å². The molecule has 54 heavy (non-hydrogen) atoms. The van der Waals surface area contributed by atoms with Crippen molar-refractivity contribution >= 4 is 29.6 Å². The number of rotatable bonds is 11. The first-order valence-electron chi connectivity index (χ1n) is 18.2. The summed E-state index contributed by atoms with van der Waals surface area (Å²) in [6.45, 7) is 7.33. The van der Waals surface area contributed by atoms with Crippen LogP contribution < -0.4 is 4.90 Å². The SMILES string of the molecule is CC(=O)N1CCN(c2ccc(CN(C(=O)C=Cc3ccc(C(F)(F)F)cc3)[C@@H](Cc3ccccc3)C(=O)N3CCN(Cc4ccccc4)CC3)cn2)CC1. The van der Waals surface area contributed by atoms with Gasteiger partial charge >= 0.3 is 6.18 Å². The second kappa shape index (κ2) is 17.6. The Bertz CT molecular complexity index is 1870. The van der Waals surface area contributed by atoms with Crippen molar-refractivity contribution in [2.45, 2.75) is 38.7 Å². The Morgan fingerprint density at radius 3 is 1.93 bits per heavy atom. The summed E-state index contributed by atoms with van der Waals surface area (Å²) < 4.78 is 39.6. The minimum Gasteiger partial charge on any atom is -0.353 e. The molecule has 1 atom stereocenters. The summed E-state index contributed by atoms with van der Waals surface area (Å²) in [4.78, 5) is 54.9. The van der Waals surface area contributed by atoms with Gasteiger partial charge in [0.25, 0.3) is 0 Å². The number of nitrogens with zero attached hydrogens (tertiary/aromatic N) is 6. The minimum atomic E-state index is -4.47. The number of pyridine rings is 1. The summed E-state index contributed by atoms with van der Waals surface area (Å²) in [5.41, 5.74) is 2.46. The lowest BCUT2D eigenvalue weighted by atomic mass is 10.0. The Kier molecular flexibility index (Phi) is 12.4. The zero-order valence-corrected chi connectivity index (χ0v) is 30.4. The molecule has 3 amide bonds. The first-order chi connectivity index (χ1) is 26.0. The van der Waals surface area contributed by atoms with Gasteiger partial charge in [0.15, 0.2) is 0 Å². The van der Waals surface area contributed by atoms with E-state index in [-0.39, 0.29) is 24.8 Å². The fraction of sp³-hybridized carbons (Fsp3) is 0.333. The summed E-state index contributed by atoms with van der Waals surface area (Å²) in [5, 5.41) is 0. The molecule has 6 rings (SSSR count). The monoisotopic (exact) mass is 738 g/mol. The first kappa shape index (κ1) is 38.2.